The van der Waals surface area contributed by atoms with Gasteiger partial charge in [-0.15, -0.1) is 0 Å². The number of anilines is 1. The Kier molecular flexibility index (Phi) is 7.20. The molecule has 0 saturated heterocycles. The van der Waals surface area contributed by atoms with Crippen molar-refractivity contribution < 1.29 is 19.1 Å². The zero-order valence-corrected chi connectivity index (χ0v) is 19.3. The van der Waals surface area contributed by atoms with Gasteiger partial charge in [0.2, 0.25) is 5.91 Å². The van der Waals surface area contributed by atoms with Crippen molar-refractivity contribution in [2.24, 2.45) is 7.05 Å². The molecule has 36 heavy (non-hydrogen) atoms. The van der Waals surface area contributed by atoms with Gasteiger partial charge >= 0.3 is 11.8 Å². The number of nitrogens with one attached hydrogen (secondary N) is 2. The summed E-state index contributed by atoms with van der Waals surface area (Å²) in [6, 6.07) is 21.0. The molecular weight excluding hydrogens is 463 g/mol. The second kappa shape index (κ2) is 10.6. The Bertz CT molecular complexity index is 1400. The second-order valence-corrected chi connectivity index (χ2v) is 8.15. The highest BCUT2D eigenvalue weighted by Crippen LogP contribution is 2.30. The van der Waals surface area contributed by atoms with Crippen LogP contribution < -0.4 is 16.3 Å². The van der Waals surface area contributed by atoms with Gasteiger partial charge in [-0.25, -0.2) is 19.0 Å². The number of carbonyl (C=O) groups is 2. The maximum atomic E-state index is 14.9. The van der Waals surface area contributed by atoms with Gasteiger partial charge in [0.25, 0.3) is 0 Å². The first kappa shape index (κ1) is 24.3. The number of carboxylic acid groups (broad SMARTS) is 1. The van der Waals surface area contributed by atoms with E-state index in [1.54, 1.807) is 0 Å². The van der Waals surface area contributed by atoms with Crippen LogP contribution in [0.15, 0.2) is 96.1 Å². The first-order valence-electron chi connectivity index (χ1n) is 11.1. The maximum Gasteiger partial charge on any atom is 0.405 e. The molecule has 0 aliphatic rings. The summed E-state index contributed by atoms with van der Waals surface area (Å²) < 4.78 is 16.2. The van der Waals surface area contributed by atoms with Crippen LogP contribution in [-0.4, -0.2) is 32.7 Å². The Labute approximate surface area is 206 Å². The third-order valence-electron chi connectivity index (χ3n) is 5.71. The van der Waals surface area contributed by atoms with Crippen molar-refractivity contribution in [3.05, 3.63) is 119 Å². The van der Waals surface area contributed by atoms with Crippen LogP contribution in [0.3, 0.4) is 0 Å². The van der Waals surface area contributed by atoms with E-state index in [0.717, 1.165) is 17.2 Å². The van der Waals surface area contributed by atoms with E-state index >= 15 is 0 Å². The summed E-state index contributed by atoms with van der Waals surface area (Å²) in [5, 5.41) is 14.5. The van der Waals surface area contributed by atoms with Crippen LogP contribution in [0.2, 0.25) is 0 Å². The number of hydrogen-bond acceptors (Lipinski definition) is 4. The molecule has 1 aromatic heterocycles. The summed E-state index contributed by atoms with van der Waals surface area (Å²) in [5.41, 5.74) is 1.75. The molecule has 1 atom stereocenters. The average molecular weight is 487 g/mol. The molecule has 0 saturated carbocycles. The molecule has 0 aliphatic carbocycles. The summed E-state index contributed by atoms with van der Waals surface area (Å²) in [6.07, 6.45) is 1.37. The topological polar surface area (TPSA) is 113 Å². The second-order valence-electron chi connectivity index (χ2n) is 8.15. The summed E-state index contributed by atoms with van der Waals surface area (Å²) in [4.78, 5) is 40.3. The number of nitrogens with zero attached hydrogens (tertiary/aromatic N) is 2. The zero-order valence-electron chi connectivity index (χ0n) is 19.3. The van der Waals surface area contributed by atoms with Gasteiger partial charge in [0.05, 0.1) is 0 Å². The van der Waals surface area contributed by atoms with Gasteiger partial charge in [-0.3, -0.25) is 4.79 Å². The van der Waals surface area contributed by atoms with E-state index in [-0.39, 0.29) is 11.3 Å². The quantitative estimate of drug-likeness (QED) is 0.366. The van der Waals surface area contributed by atoms with E-state index in [1.807, 2.05) is 60.7 Å². The van der Waals surface area contributed by atoms with E-state index in [2.05, 4.69) is 15.6 Å². The van der Waals surface area contributed by atoms with E-state index in [4.69, 9.17) is 0 Å². The fraction of sp³-hybridized carbons (Fsp3) is 0.111. The Morgan fingerprint density at radius 2 is 1.58 bits per heavy atom. The monoisotopic (exact) mass is 486 g/mol. The molecule has 8 nitrogen and oxygen atoms in total. The van der Waals surface area contributed by atoms with Gasteiger partial charge in [0.15, 0.2) is 0 Å². The molecule has 4 aromatic rings. The number of carbonyl (C=O) groups excluding carboxylic acids is 1. The van der Waals surface area contributed by atoms with Crippen molar-refractivity contribution in [3.63, 3.8) is 0 Å². The minimum absolute atomic E-state index is 0.149. The Morgan fingerprint density at radius 3 is 2.11 bits per heavy atom. The van der Waals surface area contributed by atoms with Crippen molar-refractivity contribution in [2.45, 2.75) is 12.0 Å². The van der Waals surface area contributed by atoms with Crippen LogP contribution in [0, 0.1) is 5.82 Å². The molecule has 2 amide bonds. The average Bonchev–Trinajstić information content (AvgIpc) is 2.86. The Balaban J connectivity index is 1.66. The van der Waals surface area contributed by atoms with Crippen LogP contribution >= 0.6 is 0 Å². The SMILES string of the molecule is Cn1cc(-c2ccc(NC(=O)[C@@H](NC(=O)O)C(c3ccccc3)c3ccccc3)cc2F)cnc1=O. The number of aryl methyl sites for hydroxylation is 1. The van der Waals surface area contributed by atoms with E-state index in [0.29, 0.717) is 5.56 Å². The standard InChI is InChI=1S/C27H23FN4O4/c1-32-16-19(15-29-26(32)34)21-13-12-20(14-22(21)28)30-25(33)24(31-27(35)36)23(17-8-4-2-5-9-17)18-10-6-3-7-11-18/h2-16,23-24,31H,1H3,(H,30,33)(H,35,36)/t24-/m0/s1. The third-order valence-corrected chi connectivity index (χ3v) is 5.71. The molecule has 3 N–H and O–H groups in total. The summed E-state index contributed by atoms with van der Waals surface area (Å²) in [6.45, 7) is 0. The minimum atomic E-state index is -1.37. The fourth-order valence-corrected chi connectivity index (χ4v) is 4.03. The molecule has 0 radical (unpaired) electrons. The number of halogens is 1. The largest absolute Gasteiger partial charge is 0.465 e. The van der Waals surface area contributed by atoms with Gasteiger partial charge in [-0.2, -0.15) is 0 Å². The number of benzene rings is 3. The van der Waals surface area contributed by atoms with Crippen molar-refractivity contribution in [1.82, 2.24) is 14.9 Å². The fourth-order valence-electron chi connectivity index (χ4n) is 4.03. The first-order chi connectivity index (χ1) is 17.3. The number of rotatable bonds is 7. The van der Waals surface area contributed by atoms with Crippen LogP contribution in [0.4, 0.5) is 14.9 Å². The van der Waals surface area contributed by atoms with Crippen LogP contribution in [-0.2, 0) is 11.8 Å². The number of hydrogen-bond donors (Lipinski definition) is 3. The lowest BCUT2D eigenvalue weighted by Crippen LogP contribution is -2.47. The molecule has 0 spiro atoms. The van der Waals surface area contributed by atoms with Gasteiger partial charge in [-0.1, -0.05) is 60.7 Å². The van der Waals surface area contributed by atoms with Gasteiger partial charge in [0, 0.05) is 42.2 Å². The molecule has 3 aromatic carbocycles. The van der Waals surface area contributed by atoms with E-state index in [9.17, 15) is 23.9 Å². The minimum Gasteiger partial charge on any atom is -0.465 e. The zero-order chi connectivity index (χ0) is 25.7. The molecule has 4 rings (SSSR count). The maximum absolute atomic E-state index is 14.9. The first-order valence-corrected chi connectivity index (χ1v) is 11.1. The molecular formula is C27H23FN4O4. The highest BCUT2D eigenvalue weighted by Gasteiger charge is 2.32. The van der Waals surface area contributed by atoms with Crippen LogP contribution in [0.1, 0.15) is 17.0 Å². The van der Waals surface area contributed by atoms with Gasteiger partial charge < -0.3 is 20.3 Å². The highest BCUT2D eigenvalue weighted by molar-refractivity contribution is 5.97. The Morgan fingerprint density at radius 1 is 0.972 bits per heavy atom. The molecule has 182 valence electrons. The lowest BCUT2D eigenvalue weighted by Gasteiger charge is -2.27. The normalized spacial score (nSPS) is 11.6. The van der Waals surface area contributed by atoms with Gasteiger partial charge in [-0.05, 0) is 29.3 Å². The van der Waals surface area contributed by atoms with Gasteiger partial charge in [0.1, 0.15) is 11.9 Å². The molecule has 0 aliphatic heterocycles. The predicted octanol–water partition coefficient (Wildman–Crippen LogP) is 3.99. The predicted molar refractivity (Wildman–Crippen MR) is 133 cm³/mol. The van der Waals surface area contributed by atoms with Crippen molar-refractivity contribution in [1.29, 1.82) is 0 Å². The van der Waals surface area contributed by atoms with Crippen molar-refractivity contribution in [2.75, 3.05) is 5.32 Å². The molecule has 0 unspecified atom stereocenters. The molecule has 0 fully saturated rings. The van der Waals surface area contributed by atoms with E-state index in [1.165, 1.54) is 36.1 Å². The van der Waals surface area contributed by atoms with Crippen LogP contribution in [0.5, 0.6) is 0 Å². The number of amides is 2. The van der Waals surface area contributed by atoms with E-state index < -0.39 is 35.5 Å². The summed E-state index contributed by atoms with van der Waals surface area (Å²) in [7, 11) is 1.51. The van der Waals surface area contributed by atoms with Crippen molar-refractivity contribution in [3.8, 4) is 11.1 Å². The molecule has 0 bridgehead atoms. The van der Waals surface area contributed by atoms with Crippen molar-refractivity contribution >= 4 is 17.7 Å². The highest BCUT2D eigenvalue weighted by atomic mass is 19.1. The third kappa shape index (κ3) is 5.47. The summed E-state index contributed by atoms with van der Waals surface area (Å²) in [5.74, 6) is -1.92. The molecule has 1 heterocycles. The Hall–Kier alpha value is -4.79. The van der Waals surface area contributed by atoms with Crippen LogP contribution in [0.25, 0.3) is 11.1 Å². The smallest absolute Gasteiger partial charge is 0.405 e. The lowest BCUT2D eigenvalue weighted by atomic mass is 9.84. The lowest BCUT2D eigenvalue weighted by molar-refractivity contribution is -0.118. The number of aromatic nitrogens is 2. The summed E-state index contributed by atoms with van der Waals surface area (Å²) >= 11 is 0. The molecule has 9 heteroatoms.